The second-order valence-corrected chi connectivity index (χ2v) is 8.39. The minimum absolute atomic E-state index is 0.0800. The predicted molar refractivity (Wildman–Crippen MR) is 116 cm³/mol. The summed E-state index contributed by atoms with van der Waals surface area (Å²) in [6.07, 6.45) is 11.1. The first-order valence-electron chi connectivity index (χ1n) is 10.1. The highest BCUT2D eigenvalue weighted by molar-refractivity contribution is 8.00. The molecule has 7 nitrogen and oxygen atoms in total. The van der Waals surface area contributed by atoms with E-state index in [0.29, 0.717) is 11.8 Å². The van der Waals surface area contributed by atoms with Crippen LogP contribution in [0.4, 0.5) is 0 Å². The molecule has 0 radical (unpaired) electrons. The van der Waals surface area contributed by atoms with Crippen LogP contribution >= 0.6 is 11.8 Å². The number of benzene rings is 1. The molecule has 1 saturated carbocycles. The number of nitrogens with one attached hydrogen (secondary N) is 1. The molecule has 8 heteroatoms. The van der Waals surface area contributed by atoms with Crippen molar-refractivity contribution in [3.63, 3.8) is 0 Å². The summed E-state index contributed by atoms with van der Waals surface area (Å²) in [7, 11) is 1.65. The molecule has 4 rings (SSSR count). The third-order valence-electron chi connectivity index (χ3n) is 5.33. The number of amides is 1. The van der Waals surface area contributed by atoms with E-state index in [9.17, 15) is 4.79 Å². The fourth-order valence-corrected chi connectivity index (χ4v) is 4.48. The van der Waals surface area contributed by atoms with Gasteiger partial charge in [0.2, 0.25) is 5.91 Å². The van der Waals surface area contributed by atoms with Crippen LogP contribution in [0.25, 0.3) is 11.3 Å². The summed E-state index contributed by atoms with van der Waals surface area (Å²) in [6, 6.07) is 10.3. The van der Waals surface area contributed by atoms with Gasteiger partial charge in [0, 0.05) is 28.9 Å². The number of nitrogens with zero attached hydrogens (tertiary/aromatic N) is 4. The third-order valence-corrected chi connectivity index (χ3v) is 6.32. The molecule has 156 valence electrons. The number of hydrogen-bond donors (Lipinski definition) is 1. The van der Waals surface area contributed by atoms with E-state index in [1.54, 1.807) is 19.6 Å². The van der Waals surface area contributed by atoms with Crippen molar-refractivity contribution in [2.75, 3.05) is 12.9 Å². The zero-order valence-electron chi connectivity index (χ0n) is 16.9. The first-order chi connectivity index (χ1) is 14.7. The highest BCUT2D eigenvalue weighted by Gasteiger charge is 2.24. The van der Waals surface area contributed by atoms with Crippen molar-refractivity contribution in [1.29, 1.82) is 0 Å². The van der Waals surface area contributed by atoms with Crippen LogP contribution in [0.1, 0.15) is 31.7 Å². The normalized spacial score (nSPS) is 18.7. The van der Waals surface area contributed by atoms with Crippen LogP contribution in [0.15, 0.2) is 60.1 Å². The van der Waals surface area contributed by atoms with Gasteiger partial charge in [0.15, 0.2) is 0 Å². The van der Waals surface area contributed by atoms with Crippen molar-refractivity contribution in [2.24, 2.45) is 0 Å². The average molecular weight is 424 g/mol. The molecule has 30 heavy (non-hydrogen) atoms. The summed E-state index contributed by atoms with van der Waals surface area (Å²) in [5, 5.41) is 7.72. The number of rotatable bonds is 7. The summed E-state index contributed by atoms with van der Waals surface area (Å²) in [5.41, 5.74) is 1.88. The lowest BCUT2D eigenvalue weighted by Crippen LogP contribution is -2.38. The largest absolute Gasteiger partial charge is 0.497 e. The Labute approximate surface area is 180 Å². The van der Waals surface area contributed by atoms with Crippen LogP contribution in [0.5, 0.6) is 5.75 Å². The van der Waals surface area contributed by atoms with Crippen LogP contribution < -0.4 is 10.1 Å². The Morgan fingerprint density at radius 1 is 1.27 bits per heavy atom. The molecule has 2 aromatic heterocycles. The lowest BCUT2D eigenvalue weighted by Gasteiger charge is -2.29. The van der Waals surface area contributed by atoms with Gasteiger partial charge in [-0.15, -0.1) is 11.8 Å². The van der Waals surface area contributed by atoms with Crippen molar-refractivity contribution in [1.82, 2.24) is 25.1 Å². The van der Waals surface area contributed by atoms with Crippen molar-refractivity contribution in [2.45, 2.75) is 42.7 Å². The Morgan fingerprint density at radius 3 is 2.90 bits per heavy atom. The fraction of sp³-hybridized carbons (Fsp3) is 0.364. The van der Waals surface area contributed by atoms with Crippen LogP contribution in [0.2, 0.25) is 0 Å². The number of methoxy groups -OCH3 is 1. The number of thioether (sulfide) groups is 1. The molecule has 1 fully saturated rings. The van der Waals surface area contributed by atoms with Gasteiger partial charge < -0.3 is 10.1 Å². The quantitative estimate of drug-likeness (QED) is 0.583. The molecule has 0 unspecified atom stereocenters. The maximum atomic E-state index is 12.4. The Kier molecular flexibility index (Phi) is 6.63. The summed E-state index contributed by atoms with van der Waals surface area (Å²) < 4.78 is 7.26. The minimum Gasteiger partial charge on any atom is -0.497 e. The highest BCUT2D eigenvalue weighted by atomic mass is 32.2. The van der Waals surface area contributed by atoms with Gasteiger partial charge in [-0.05, 0) is 49.9 Å². The van der Waals surface area contributed by atoms with E-state index < -0.39 is 0 Å². The molecular weight excluding hydrogens is 398 g/mol. The van der Waals surface area contributed by atoms with Gasteiger partial charge in [0.1, 0.15) is 12.1 Å². The summed E-state index contributed by atoms with van der Waals surface area (Å²) in [4.78, 5) is 21.6. The molecule has 3 aromatic rings. The van der Waals surface area contributed by atoms with Gasteiger partial charge in [-0.1, -0.05) is 6.07 Å². The molecule has 0 bridgehead atoms. The molecule has 0 spiro atoms. The SMILES string of the molecule is COc1cccc(SCC(=O)NC2CCC(n3cc(-c4ccncn4)cn3)CC2)c1. The number of carbonyl (C=O) groups excluding carboxylic acids is 1. The van der Waals surface area contributed by atoms with Crippen LogP contribution in [0, 0.1) is 0 Å². The average Bonchev–Trinajstić information content (AvgIpc) is 3.29. The Balaban J connectivity index is 1.23. The van der Waals surface area contributed by atoms with E-state index in [2.05, 4.69) is 26.6 Å². The predicted octanol–water partition coefficient (Wildman–Crippen LogP) is 3.74. The first kappa shape index (κ1) is 20.4. The molecular formula is C22H25N5O2S. The van der Waals surface area contributed by atoms with Crippen molar-refractivity contribution >= 4 is 17.7 Å². The zero-order chi connectivity index (χ0) is 20.8. The molecule has 2 heterocycles. The molecule has 0 atom stereocenters. The van der Waals surface area contributed by atoms with Gasteiger partial charge in [0.25, 0.3) is 0 Å². The first-order valence-corrected chi connectivity index (χ1v) is 11.1. The molecule has 0 saturated heterocycles. The van der Waals surface area contributed by atoms with Gasteiger partial charge in [-0.3, -0.25) is 9.48 Å². The smallest absolute Gasteiger partial charge is 0.230 e. The highest BCUT2D eigenvalue weighted by Crippen LogP contribution is 2.29. The summed E-state index contributed by atoms with van der Waals surface area (Å²) in [6.45, 7) is 0. The third kappa shape index (κ3) is 5.18. The second kappa shape index (κ2) is 9.75. The zero-order valence-corrected chi connectivity index (χ0v) is 17.7. The summed E-state index contributed by atoms with van der Waals surface area (Å²) in [5.74, 6) is 1.30. The van der Waals surface area contributed by atoms with E-state index in [1.165, 1.54) is 11.8 Å². The topological polar surface area (TPSA) is 81.9 Å². The van der Waals surface area contributed by atoms with E-state index in [-0.39, 0.29) is 11.9 Å². The van der Waals surface area contributed by atoms with Gasteiger partial charge in [-0.25, -0.2) is 9.97 Å². The van der Waals surface area contributed by atoms with Crippen molar-refractivity contribution in [3.05, 3.63) is 55.2 Å². The molecule has 1 aliphatic rings. The molecule has 1 aromatic carbocycles. The maximum absolute atomic E-state index is 12.4. The fourth-order valence-electron chi connectivity index (χ4n) is 3.73. The molecule has 1 N–H and O–H groups in total. The molecule has 0 aliphatic heterocycles. The van der Waals surface area contributed by atoms with E-state index in [1.807, 2.05) is 41.2 Å². The number of hydrogen-bond acceptors (Lipinski definition) is 6. The Hall–Kier alpha value is -2.87. The number of carbonyl (C=O) groups is 1. The van der Waals surface area contributed by atoms with Gasteiger partial charge in [0.05, 0.1) is 30.8 Å². The van der Waals surface area contributed by atoms with Gasteiger partial charge >= 0.3 is 0 Å². The van der Waals surface area contributed by atoms with Crippen molar-refractivity contribution in [3.8, 4) is 17.0 Å². The van der Waals surface area contributed by atoms with Gasteiger partial charge in [-0.2, -0.15) is 5.10 Å². The van der Waals surface area contributed by atoms with E-state index in [4.69, 9.17) is 4.74 Å². The number of aromatic nitrogens is 4. The standard InChI is InChI=1S/C22H25N5O2S/c1-29-19-3-2-4-20(11-19)30-14-22(28)26-17-5-7-18(8-6-17)27-13-16(12-25-27)21-9-10-23-15-24-21/h2-4,9-13,15,17-18H,5-8,14H2,1H3,(H,26,28). The number of ether oxygens (including phenoxy) is 1. The monoisotopic (exact) mass is 423 g/mol. The second-order valence-electron chi connectivity index (χ2n) is 7.34. The molecule has 1 aliphatic carbocycles. The molecule has 1 amide bonds. The van der Waals surface area contributed by atoms with E-state index in [0.717, 1.165) is 47.6 Å². The maximum Gasteiger partial charge on any atom is 0.230 e. The van der Waals surface area contributed by atoms with Crippen molar-refractivity contribution < 1.29 is 9.53 Å². The Bertz CT molecular complexity index is 970. The minimum atomic E-state index is 0.0800. The van der Waals surface area contributed by atoms with Crippen LogP contribution in [0.3, 0.4) is 0 Å². The van der Waals surface area contributed by atoms with Crippen LogP contribution in [-0.4, -0.2) is 44.6 Å². The summed E-state index contributed by atoms with van der Waals surface area (Å²) >= 11 is 1.53. The van der Waals surface area contributed by atoms with Crippen LogP contribution in [-0.2, 0) is 4.79 Å². The van der Waals surface area contributed by atoms with E-state index >= 15 is 0 Å². The Morgan fingerprint density at radius 2 is 2.13 bits per heavy atom. The lowest BCUT2D eigenvalue weighted by molar-refractivity contribution is -0.119. The lowest BCUT2D eigenvalue weighted by atomic mass is 9.91.